The summed E-state index contributed by atoms with van der Waals surface area (Å²) >= 11 is 0. The van der Waals surface area contributed by atoms with Crippen LogP contribution in [0.3, 0.4) is 0 Å². The van der Waals surface area contributed by atoms with Crippen molar-refractivity contribution in [3.63, 3.8) is 0 Å². The van der Waals surface area contributed by atoms with E-state index in [0.717, 1.165) is 12.1 Å². The van der Waals surface area contributed by atoms with Crippen molar-refractivity contribution in [2.24, 2.45) is 5.92 Å². The van der Waals surface area contributed by atoms with Gasteiger partial charge in [0, 0.05) is 26.2 Å². The Kier molecular flexibility index (Phi) is 5.83. The number of alkyl halides is 3. The second-order valence-electron chi connectivity index (χ2n) is 8.71. The number of rotatable bonds is 4. The van der Waals surface area contributed by atoms with Crippen LogP contribution in [0.15, 0.2) is 36.4 Å². The number of carboxylic acids is 1. The summed E-state index contributed by atoms with van der Waals surface area (Å²) in [5, 5.41) is 13.4. The van der Waals surface area contributed by atoms with Crippen LogP contribution in [-0.2, 0) is 32.2 Å². The largest absolute Gasteiger partial charge is 0.480 e. The molecule has 0 saturated carbocycles. The number of piperazine rings is 1. The number of nitrogens with zero attached hydrogens (tertiary/aromatic N) is 1. The Morgan fingerprint density at radius 1 is 1.15 bits per heavy atom. The fraction of sp³-hybridized carbons (Fsp3) is 0.435. The molecule has 1 aliphatic heterocycles. The predicted octanol–water partition coefficient (Wildman–Crippen LogP) is 3.39. The standard InChI is InChI=1S/C23H25F3N2O4S/c1-14-11-18(16-3-5-17(6-4-16)23(24,25)26)19-13-15(2)22(21(29)30,20(19)12-14)33(31,32)28-9-7-27-8-10-28/h3-6,11-12,15,27H,7-10,13H2,1-2H3,(H,29,30). The van der Waals surface area contributed by atoms with Gasteiger partial charge < -0.3 is 10.4 Å². The normalized spacial score (nSPS) is 24.0. The van der Waals surface area contributed by atoms with Crippen molar-refractivity contribution in [2.45, 2.75) is 31.2 Å². The predicted molar refractivity (Wildman–Crippen MR) is 117 cm³/mol. The van der Waals surface area contributed by atoms with E-state index in [-0.39, 0.29) is 25.1 Å². The second-order valence-corrected chi connectivity index (χ2v) is 10.8. The SMILES string of the molecule is Cc1cc(-c2ccc(C(F)(F)F)cc2)c2c(c1)C(C(=O)O)(S(=O)(=O)N1CCNCC1)C(C)C2. The first-order valence-electron chi connectivity index (χ1n) is 10.7. The van der Waals surface area contributed by atoms with E-state index in [9.17, 15) is 31.5 Å². The van der Waals surface area contributed by atoms with E-state index in [1.54, 1.807) is 26.0 Å². The number of fused-ring (bicyclic) bond motifs is 1. The summed E-state index contributed by atoms with van der Waals surface area (Å²) in [4.78, 5) is 12.8. The number of halogens is 3. The van der Waals surface area contributed by atoms with Gasteiger partial charge in [-0.2, -0.15) is 17.5 Å². The van der Waals surface area contributed by atoms with Crippen molar-refractivity contribution in [3.8, 4) is 11.1 Å². The minimum Gasteiger partial charge on any atom is -0.480 e. The molecular weight excluding hydrogens is 457 g/mol. The lowest BCUT2D eigenvalue weighted by molar-refractivity contribution is -0.141. The van der Waals surface area contributed by atoms with Gasteiger partial charge in [0.05, 0.1) is 5.56 Å². The minimum atomic E-state index is -4.47. The Balaban J connectivity index is 1.91. The Morgan fingerprint density at radius 3 is 2.30 bits per heavy atom. The monoisotopic (exact) mass is 482 g/mol. The van der Waals surface area contributed by atoms with Gasteiger partial charge in [0.1, 0.15) is 0 Å². The quantitative estimate of drug-likeness (QED) is 0.698. The van der Waals surface area contributed by atoms with Gasteiger partial charge in [0.2, 0.25) is 14.8 Å². The van der Waals surface area contributed by atoms with Crippen molar-refractivity contribution in [1.82, 2.24) is 9.62 Å². The van der Waals surface area contributed by atoms with Gasteiger partial charge >= 0.3 is 12.1 Å². The molecule has 178 valence electrons. The molecule has 2 aliphatic rings. The zero-order valence-electron chi connectivity index (χ0n) is 18.2. The molecular formula is C23H25F3N2O4S. The molecule has 2 aromatic rings. The van der Waals surface area contributed by atoms with Crippen LogP contribution in [0, 0.1) is 12.8 Å². The molecule has 1 heterocycles. The van der Waals surface area contributed by atoms with Crippen molar-refractivity contribution >= 4 is 16.0 Å². The van der Waals surface area contributed by atoms with Gasteiger partial charge in [0.15, 0.2) is 0 Å². The van der Waals surface area contributed by atoms with E-state index in [0.29, 0.717) is 35.3 Å². The van der Waals surface area contributed by atoms with Crippen LogP contribution < -0.4 is 5.32 Å². The molecule has 6 nitrogen and oxygen atoms in total. The van der Waals surface area contributed by atoms with Crippen molar-refractivity contribution in [3.05, 3.63) is 58.7 Å². The van der Waals surface area contributed by atoms with Crippen LogP contribution in [0.1, 0.15) is 29.2 Å². The average molecular weight is 483 g/mol. The van der Waals surface area contributed by atoms with Gasteiger partial charge in [-0.05, 0) is 53.6 Å². The van der Waals surface area contributed by atoms with Gasteiger partial charge in [-0.3, -0.25) is 4.79 Å². The first-order valence-corrected chi connectivity index (χ1v) is 12.1. The Bertz CT molecular complexity index is 1190. The lowest BCUT2D eigenvalue weighted by Gasteiger charge is -2.37. The third-order valence-corrected chi connectivity index (χ3v) is 9.32. The van der Waals surface area contributed by atoms with Crippen LogP contribution in [0.25, 0.3) is 11.1 Å². The fourth-order valence-corrected chi connectivity index (χ4v) is 7.44. The third-order valence-electron chi connectivity index (χ3n) is 6.66. The fourth-order valence-electron chi connectivity index (χ4n) is 5.10. The average Bonchev–Trinajstić information content (AvgIpc) is 3.06. The van der Waals surface area contributed by atoms with Crippen LogP contribution in [0.5, 0.6) is 0 Å². The molecule has 0 radical (unpaired) electrons. The third kappa shape index (κ3) is 3.64. The molecule has 33 heavy (non-hydrogen) atoms. The van der Waals surface area contributed by atoms with E-state index >= 15 is 0 Å². The Hall–Kier alpha value is -2.43. The molecule has 2 aromatic carbocycles. The molecule has 2 N–H and O–H groups in total. The Labute approximate surface area is 190 Å². The molecule has 2 atom stereocenters. The number of hydrogen-bond donors (Lipinski definition) is 2. The van der Waals surface area contributed by atoms with E-state index in [4.69, 9.17) is 0 Å². The highest BCUT2D eigenvalue weighted by Gasteiger charge is 2.62. The maximum atomic E-state index is 13.8. The molecule has 1 fully saturated rings. The molecule has 0 bridgehead atoms. The van der Waals surface area contributed by atoms with Crippen molar-refractivity contribution in [1.29, 1.82) is 0 Å². The van der Waals surface area contributed by atoms with Gasteiger partial charge in [-0.25, -0.2) is 8.42 Å². The molecule has 0 aromatic heterocycles. The summed E-state index contributed by atoms with van der Waals surface area (Å²) < 4.78 is 65.8. The molecule has 4 rings (SSSR count). The number of sulfonamides is 1. The lowest BCUT2D eigenvalue weighted by atomic mass is 9.90. The lowest BCUT2D eigenvalue weighted by Crippen LogP contribution is -2.57. The molecule has 1 saturated heterocycles. The second kappa shape index (κ2) is 8.11. The molecule has 0 spiro atoms. The number of aryl methyl sites for hydroxylation is 1. The summed E-state index contributed by atoms with van der Waals surface area (Å²) in [5.74, 6) is -2.20. The van der Waals surface area contributed by atoms with E-state index < -0.39 is 38.4 Å². The van der Waals surface area contributed by atoms with E-state index in [1.165, 1.54) is 16.4 Å². The topological polar surface area (TPSA) is 86.7 Å². The molecule has 0 amide bonds. The van der Waals surface area contributed by atoms with Crippen LogP contribution >= 0.6 is 0 Å². The highest BCUT2D eigenvalue weighted by Crippen LogP contribution is 2.51. The number of hydrogen-bond acceptors (Lipinski definition) is 4. The number of nitrogens with one attached hydrogen (secondary N) is 1. The highest BCUT2D eigenvalue weighted by atomic mass is 32.2. The van der Waals surface area contributed by atoms with E-state index in [1.807, 2.05) is 0 Å². The molecule has 1 aliphatic carbocycles. The molecule has 2 unspecified atom stereocenters. The van der Waals surface area contributed by atoms with Crippen LogP contribution in [0.4, 0.5) is 13.2 Å². The summed E-state index contributed by atoms with van der Waals surface area (Å²) in [6.45, 7) is 4.55. The maximum absolute atomic E-state index is 13.8. The number of carbonyl (C=O) groups is 1. The summed E-state index contributed by atoms with van der Waals surface area (Å²) in [7, 11) is -4.28. The maximum Gasteiger partial charge on any atom is 0.416 e. The smallest absolute Gasteiger partial charge is 0.416 e. The number of carboxylic acid groups (broad SMARTS) is 1. The van der Waals surface area contributed by atoms with Gasteiger partial charge in [0.25, 0.3) is 0 Å². The van der Waals surface area contributed by atoms with Crippen LogP contribution in [-0.4, -0.2) is 50.0 Å². The summed E-state index contributed by atoms with van der Waals surface area (Å²) in [5.41, 5.74) is 1.65. The van der Waals surface area contributed by atoms with Gasteiger partial charge in [-0.1, -0.05) is 36.8 Å². The Morgan fingerprint density at radius 2 is 1.76 bits per heavy atom. The molecule has 10 heteroatoms. The number of benzene rings is 2. The van der Waals surface area contributed by atoms with E-state index in [2.05, 4.69) is 5.32 Å². The summed E-state index contributed by atoms with van der Waals surface area (Å²) in [6.07, 6.45) is -4.29. The zero-order chi connectivity index (χ0) is 24.2. The van der Waals surface area contributed by atoms with Crippen LogP contribution in [0.2, 0.25) is 0 Å². The zero-order valence-corrected chi connectivity index (χ0v) is 19.1. The minimum absolute atomic E-state index is 0.178. The number of aliphatic carboxylic acids is 1. The highest BCUT2D eigenvalue weighted by molar-refractivity contribution is 7.90. The summed E-state index contributed by atoms with van der Waals surface area (Å²) in [6, 6.07) is 8.00. The van der Waals surface area contributed by atoms with Gasteiger partial charge in [-0.15, -0.1) is 0 Å². The first-order chi connectivity index (χ1) is 15.4. The van der Waals surface area contributed by atoms with Crippen molar-refractivity contribution < 1.29 is 31.5 Å². The first kappa shape index (κ1) is 23.7. The van der Waals surface area contributed by atoms with Crippen molar-refractivity contribution in [2.75, 3.05) is 26.2 Å².